The first-order valence-corrected chi connectivity index (χ1v) is 6.29. The summed E-state index contributed by atoms with van der Waals surface area (Å²) in [6, 6.07) is 7.38. The van der Waals surface area contributed by atoms with Gasteiger partial charge in [0, 0.05) is 6.54 Å². The minimum absolute atomic E-state index is 0.190. The second-order valence-corrected chi connectivity index (χ2v) is 4.52. The van der Waals surface area contributed by atoms with Gasteiger partial charge in [-0.1, -0.05) is 24.3 Å². The number of hydrogen-bond donors (Lipinski definition) is 1. The Balaban J connectivity index is 2.48. The van der Waals surface area contributed by atoms with Crippen molar-refractivity contribution in [1.29, 1.82) is 0 Å². The van der Waals surface area contributed by atoms with E-state index in [0.29, 0.717) is 12.1 Å². The van der Waals surface area contributed by atoms with Crippen LogP contribution in [-0.2, 0) is 6.54 Å². The first-order chi connectivity index (χ1) is 9.65. The minimum atomic E-state index is -0.303. The summed E-state index contributed by atoms with van der Waals surface area (Å²) < 4.78 is 6.08. The number of aromatic nitrogens is 3. The van der Waals surface area contributed by atoms with Gasteiger partial charge in [-0.05, 0) is 35.3 Å². The van der Waals surface area contributed by atoms with Gasteiger partial charge in [0.1, 0.15) is 0 Å². The highest BCUT2D eigenvalue weighted by Gasteiger charge is 2.21. The van der Waals surface area contributed by atoms with E-state index in [0.717, 1.165) is 5.56 Å². The van der Waals surface area contributed by atoms with Crippen LogP contribution in [0.5, 0.6) is 5.75 Å². The summed E-state index contributed by atoms with van der Waals surface area (Å²) >= 11 is 0. The summed E-state index contributed by atoms with van der Waals surface area (Å²) in [6.45, 7) is 4.13. The zero-order valence-electron chi connectivity index (χ0n) is 11.1. The monoisotopic (exact) mass is 271 g/mol. The topological polar surface area (TPSA) is 81.2 Å². The zero-order chi connectivity index (χ0) is 14.3. The largest absolute Gasteiger partial charge is 0.505 e. The van der Waals surface area contributed by atoms with Gasteiger partial charge in [0.2, 0.25) is 5.65 Å². The smallest absolute Gasteiger partial charge is 0.264 e. The second-order valence-electron chi connectivity index (χ2n) is 4.52. The van der Waals surface area contributed by atoms with Crippen LogP contribution in [0, 0.1) is 6.92 Å². The average molecular weight is 271 g/mol. The molecule has 102 valence electrons. The first-order valence-electron chi connectivity index (χ1n) is 6.29. The van der Waals surface area contributed by atoms with Crippen molar-refractivity contribution in [2.45, 2.75) is 20.4 Å². The summed E-state index contributed by atoms with van der Waals surface area (Å²) in [5, 5.41) is 17.7. The predicted molar refractivity (Wildman–Crippen MR) is 73.6 cm³/mol. The number of hydrogen-bond acceptors (Lipinski definition) is 5. The van der Waals surface area contributed by atoms with Crippen molar-refractivity contribution in [2.75, 3.05) is 0 Å². The van der Waals surface area contributed by atoms with Crippen LogP contribution in [0.15, 0.2) is 33.7 Å². The van der Waals surface area contributed by atoms with E-state index < -0.39 is 0 Å². The normalized spacial score (nSPS) is 11.1. The van der Waals surface area contributed by atoms with E-state index in [2.05, 4.69) is 14.9 Å². The number of rotatable bonds is 2. The van der Waals surface area contributed by atoms with Gasteiger partial charge in [0.05, 0.1) is 5.56 Å². The maximum absolute atomic E-state index is 12.6. The third-order valence-corrected chi connectivity index (χ3v) is 3.38. The molecule has 6 nitrogen and oxygen atoms in total. The van der Waals surface area contributed by atoms with Crippen LogP contribution in [0.25, 0.3) is 22.3 Å². The lowest BCUT2D eigenvalue weighted by atomic mass is 10.0. The van der Waals surface area contributed by atoms with E-state index in [4.69, 9.17) is 0 Å². The maximum Gasteiger partial charge on any atom is 0.264 e. The molecule has 0 bridgehead atoms. The molecule has 0 aliphatic heterocycles. The zero-order valence-corrected chi connectivity index (χ0v) is 11.1. The van der Waals surface area contributed by atoms with E-state index in [1.807, 2.05) is 32.0 Å². The lowest BCUT2D eigenvalue weighted by Crippen LogP contribution is -2.22. The number of aryl methyl sites for hydroxylation is 2. The summed E-state index contributed by atoms with van der Waals surface area (Å²) in [6.07, 6.45) is 0. The number of fused-ring (bicyclic) bond motifs is 1. The van der Waals surface area contributed by atoms with Crippen molar-refractivity contribution in [3.63, 3.8) is 0 Å². The van der Waals surface area contributed by atoms with Crippen molar-refractivity contribution >= 4 is 11.2 Å². The van der Waals surface area contributed by atoms with Gasteiger partial charge in [-0.25, -0.2) is 4.63 Å². The van der Waals surface area contributed by atoms with Gasteiger partial charge < -0.3 is 5.11 Å². The van der Waals surface area contributed by atoms with Gasteiger partial charge in [-0.2, -0.15) is 0 Å². The molecular weight excluding hydrogens is 258 g/mol. The van der Waals surface area contributed by atoms with E-state index >= 15 is 0 Å². The van der Waals surface area contributed by atoms with E-state index in [-0.39, 0.29) is 28.0 Å². The fourth-order valence-electron chi connectivity index (χ4n) is 2.35. The van der Waals surface area contributed by atoms with Crippen molar-refractivity contribution < 1.29 is 9.74 Å². The molecule has 0 radical (unpaired) electrons. The molecule has 1 N–H and O–H groups in total. The van der Waals surface area contributed by atoms with Gasteiger partial charge in [-0.15, -0.1) is 0 Å². The molecule has 3 rings (SSSR count). The molecule has 6 heteroatoms. The van der Waals surface area contributed by atoms with E-state index in [9.17, 15) is 9.90 Å². The lowest BCUT2D eigenvalue weighted by molar-refractivity contribution is 0.312. The number of nitrogens with zero attached hydrogens (tertiary/aromatic N) is 3. The van der Waals surface area contributed by atoms with Crippen molar-refractivity contribution in [3.05, 3.63) is 40.2 Å². The molecular formula is C14H13N3O3. The van der Waals surface area contributed by atoms with Crippen LogP contribution in [-0.4, -0.2) is 20.0 Å². The van der Waals surface area contributed by atoms with Crippen LogP contribution in [0.4, 0.5) is 0 Å². The Morgan fingerprint density at radius 3 is 2.75 bits per heavy atom. The van der Waals surface area contributed by atoms with Crippen LogP contribution < -0.4 is 5.56 Å². The number of benzene rings is 1. The first kappa shape index (κ1) is 12.4. The molecule has 2 aromatic heterocycles. The Bertz CT molecular complexity index is 848. The highest BCUT2D eigenvalue weighted by molar-refractivity contribution is 5.87. The predicted octanol–water partition coefficient (Wildman–Crippen LogP) is 2.09. The molecule has 0 unspecified atom stereocenters. The summed E-state index contributed by atoms with van der Waals surface area (Å²) in [5.74, 6) is -0.190. The molecule has 2 heterocycles. The Labute approximate surface area is 114 Å². The Morgan fingerprint density at radius 1 is 1.30 bits per heavy atom. The highest BCUT2D eigenvalue weighted by Crippen LogP contribution is 2.32. The Hall–Kier alpha value is -2.63. The molecule has 0 fully saturated rings. The quantitative estimate of drug-likeness (QED) is 0.771. The number of aromatic hydroxyl groups is 1. The van der Waals surface area contributed by atoms with Crippen LogP contribution in [0.2, 0.25) is 0 Å². The second kappa shape index (κ2) is 4.48. The van der Waals surface area contributed by atoms with Gasteiger partial charge >= 0.3 is 0 Å². The average Bonchev–Trinajstić information content (AvgIpc) is 2.91. The summed E-state index contributed by atoms with van der Waals surface area (Å²) in [5.41, 5.74) is 1.97. The van der Waals surface area contributed by atoms with Gasteiger partial charge in [0.15, 0.2) is 11.3 Å². The Morgan fingerprint density at radius 2 is 2.05 bits per heavy atom. The summed E-state index contributed by atoms with van der Waals surface area (Å²) in [4.78, 5) is 12.6. The fourth-order valence-corrected chi connectivity index (χ4v) is 2.35. The van der Waals surface area contributed by atoms with Crippen LogP contribution >= 0.6 is 0 Å². The Kier molecular flexibility index (Phi) is 2.78. The molecule has 0 aliphatic rings. The van der Waals surface area contributed by atoms with Crippen LogP contribution in [0.1, 0.15) is 12.5 Å². The molecule has 0 saturated heterocycles. The third kappa shape index (κ3) is 1.61. The molecule has 0 spiro atoms. The van der Waals surface area contributed by atoms with E-state index in [1.165, 1.54) is 4.57 Å². The SMILES string of the molecule is CCn1c(=O)c(-c2ccccc2C)c(O)c2nonc21. The standard InChI is InChI=1S/C14H13N3O3/c1-3-17-13-11(15-20-16-13)12(18)10(14(17)19)9-7-5-4-6-8(9)2/h4-7,18H,3H2,1-2H3. The number of pyridine rings is 1. The van der Waals surface area contributed by atoms with Crippen molar-refractivity contribution in [2.24, 2.45) is 0 Å². The molecule has 1 aromatic carbocycles. The third-order valence-electron chi connectivity index (χ3n) is 3.38. The van der Waals surface area contributed by atoms with E-state index in [1.54, 1.807) is 6.07 Å². The summed E-state index contributed by atoms with van der Waals surface area (Å²) in [7, 11) is 0. The lowest BCUT2D eigenvalue weighted by Gasteiger charge is -2.10. The van der Waals surface area contributed by atoms with Crippen LogP contribution in [0.3, 0.4) is 0 Å². The minimum Gasteiger partial charge on any atom is -0.505 e. The molecule has 0 amide bonds. The van der Waals surface area contributed by atoms with Gasteiger partial charge in [-0.3, -0.25) is 9.36 Å². The van der Waals surface area contributed by atoms with Crippen molar-refractivity contribution in [3.8, 4) is 16.9 Å². The van der Waals surface area contributed by atoms with Gasteiger partial charge in [0.25, 0.3) is 5.56 Å². The van der Waals surface area contributed by atoms with Crippen molar-refractivity contribution in [1.82, 2.24) is 14.9 Å². The maximum atomic E-state index is 12.6. The molecule has 0 saturated carbocycles. The fraction of sp³-hybridized carbons (Fsp3) is 0.214. The molecule has 0 atom stereocenters. The highest BCUT2D eigenvalue weighted by atomic mass is 16.6. The molecule has 20 heavy (non-hydrogen) atoms. The molecule has 3 aromatic rings. The molecule has 0 aliphatic carbocycles.